The molecular weight excluding hydrogens is 156 g/mol. The largest absolute Gasteiger partial charge is 0.326 e. The van der Waals surface area contributed by atoms with E-state index in [-0.39, 0.29) is 0 Å². The van der Waals surface area contributed by atoms with Crippen molar-refractivity contribution in [2.45, 2.75) is 25.4 Å². The predicted octanol–water partition coefficient (Wildman–Crippen LogP) is 0.771. The lowest BCUT2D eigenvalue weighted by Gasteiger charge is -2.35. The van der Waals surface area contributed by atoms with Crippen LogP contribution in [0.15, 0.2) is 0 Å². The molecule has 0 radical (unpaired) electrons. The van der Waals surface area contributed by atoms with Crippen LogP contribution in [0, 0.1) is 0 Å². The van der Waals surface area contributed by atoms with E-state index in [0.717, 1.165) is 6.42 Å². The molecular formula is C8H18N2S. The third kappa shape index (κ3) is 2.36. The van der Waals surface area contributed by atoms with E-state index in [0.29, 0.717) is 12.1 Å². The second-order valence-corrected chi connectivity index (χ2v) is 4.34. The van der Waals surface area contributed by atoms with Crippen molar-refractivity contribution in [3.8, 4) is 0 Å². The van der Waals surface area contributed by atoms with Gasteiger partial charge in [0.1, 0.15) is 0 Å². The average Bonchev–Trinajstić information content (AvgIpc) is 2.04. The highest BCUT2D eigenvalue weighted by Gasteiger charge is 2.23. The van der Waals surface area contributed by atoms with Gasteiger partial charge in [-0.3, -0.25) is 0 Å². The van der Waals surface area contributed by atoms with Crippen LogP contribution in [0.5, 0.6) is 0 Å². The molecule has 2 atom stereocenters. The van der Waals surface area contributed by atoms with Crippen LogP contribution < -0.4 is 5.73 Å². The van der Waals surface area contributed by atoms with Gasteiger partial charge in [0.05, 0.1) is 0 Å². The summed E-state index contributed by atoms with van der Waals surface area (Å²) in [6.07, 6.45) is 1.09. The summed E-state index contributed by atoms with van der Waals surface area (Å²) in [5.74, 6) is 2.48. The highest BCUT2D eigenvalue weighted by Crippen LogP contribution is 2.17. The number of nitrogens with two attached hydrogens (primary N) is 1. The summed E-state index contributed by atoms with van der Waals surface area (Å²) >= 11 is 2.03. The average molecular weight is 174 g/mol. The van der Waals surface area contributed by atoms with Crippen LogP contribution in [0.25, 0.3) is 0 Å². The third-order valence-electron chi connectivity index (χ3n) is 2.41. The molecule has 2 nitrogen and oxygen atoms in total. The minimum Gasteiger partial charge on any atom is -0.326 e. The fourth-order valence-electron chi connectivity index (χ4n) is 1.43. The van der Waals surface area contributed by atoms with Crippen molar-refractivity contribution in [2.24, 2.45) is 5.73 Å². The first-order chi connectivity index (χ1) is 5.25. The molecule has 0 aliphatic carbocycles. The third-order valence-corrected chi connectivity index (χ3v) is 3.46. The molecule has 1 saturated heterocycles. The molecule has 1 unspecified atom stereocenters. The van der Waals surface area contributed by atoms with E-state index < -0.39 is 0 Å². The van der Waals surface area contributed by atoms with Crippen molar-refractivity contribution in [3.05, 3.63) is 0 Å². The lowest BCUT2D eigenvalue weighted by molar-refractivity contribution is 0.233. The number of likely N-dealkylation sites (N-methyl/N-ethyl adjacent to an activating group) is 1. The van der Waals surface area contributed by atoms with Gasteiger partial charge in [0.15, 0.2) is 0 Å². The molecule has 11 heavy (non-hydrogen) atoms. The maximum Gasteiger partial charge on any atom is 0.0334 e. The number of rotatable bonds is 2. The number of hydrogen-bond acceptors (Lipinski definition) is 3. The Hall–Kier alpha value is 0.270. The number of nitrogens with zero attached hydrogens (tertiary/aromatic N) is 1. The minimum atomic E-state index is 0.368. The van der Waals surface area contributed by atoms with Crippen LogP contribution in [0.3, 0.4) is 0 Å². The Balaban J connectivity index is 2.40. The van der Waals surface area contributed by atoms with E-state index in [1.54, 1.807) is 0 Å². The van der Waals surface area contributed by atoms with Gasteiger partial charge in [-0.1, -0.05) is 6.92 Å². The molecule has 1 fully saturated rings. The molecule has 0 aromatic heterocycles. The smallest absolute Gasteiger partial charge is 0.0334 e. The molecule has 3 heteroatoms. The maximum absolute atomic E-state index is 5.98. The van der Waals surface area contributed by atoms with Gasteiger partial charge in [0.2, 0.25) is 0 Å². The van der Waals surface area contributed by atoms with Crippen molar-refractivity contribution in [2.75, 3.05) is 25.1 Å². The van der Waals surface area contributed by atoms with Crippen molar-refractivity contribution in [1.29, 1.82) is 0 Å². The monoisotopic (exact) mass is 174 g/mol. The first-order valence-corrected chi connectivity index (χ1v) is 5.44. The molecule has 0 amide bonds. The van der Waals surface area contributed by atoms with Crippen molar-refractivity contribution in [1.82, 2.24) is 4.90 Å². The highest BCUT2D eigenvalue weighted by atomic mass is 32.2. The van der Waals surface area contributed by atoms with Crippen LogP contribution in [-0.2, 0) is 0 Å². The van der Waals surface area contributed by atoms with Gasteiger partial charge in [-0.15, -0.1) is 0 Å². The Morgan fingerprint density at radius 3 is 3.00 bits per heavy atom. The molecule has 0 bridgehead atoms. The van der Waals surface area contributed by atoms with Crippen LogP contribution in [0.2, 0.25) is 0 Å². The molecule has 1 rings (SSSR count). The summed E-state index contributed by atoms with van der Waals surface area (Å²) < 4.78 is 0. The summed E-state index contributed by atoms with van der Waals surface area (Å²) in [5, 5.41) is 0. The van der Waals surface area contributed by atoms with Crippen molar-refractivity contribution >= 4 is 11.8 Å². The Labute approximate surface area is 73.5 Å². The lowest BCUT2D eigenvalue weighted by Crippen LogP contribution is -2.50. The summed E-state index contributed by atoms with van der Waals surface area (Å²) in [5.41, 5.74) is 5.98. The second kappa shape index (κ2) is 4.33. The molecule has 2 N–H and O–H groups in total. The normalized spacial score (nSPS) is 30.3. The van der Waals surface area contributed by atoms with Gasteiger partial charge < -0.3 is 10.6 Å². The van der Waals surface area contributed by atoms with E-state index in [9.17, 15) is 0 Å². The Morgan fingerprint density at radius 2 is 2.45 bits per heavy atom. The maximum atomic E-state index is 5.98. The zero-order valence-corrected chi connectivity index (χ0v) is 8.23. The van der Waals surface area contributed by atoms with Crippen molar-refractivity contribution in [3.63, 3.8) is 0 Å². The van der Waals surface area contributed by atoms with Crippen LogP contribution in [0.1, 0.15) is 13.3 Å². The standard InChI is InChI=1S/C8H18N2S/c1-3-7(9)8-6-11-5-4-10(8)2/h7-8H,3-6,9H2,1-2H3/t7-,8?/m0/s1. The van der Waals surface area contributed by atoms with Crippen LogP contribution in [-0.4, -0.2) is 42.1 Å². The van der Waals surface area contributed by atoms with E-state index >= 15 is 0 Å². The first kappa shape index (κ1) is 9.36. The van der Waals surface area contributed by atoms with Gasteiger partial charge in [0.25, 0.3) is 0 Å². The summed E-state index contributed by atoms with van der Waals surface area (Å²) in [4.78, 5) is 2.39. The fourth-order valence-corrected chi connectivity index (χ4v) is 2.76. The molecule has 1 aliphatic rings. The van der Waals surface area contributed by atoms with E-state index in [2.05, 4.69) is 18.9 Å². The Kier molecular flexibility index (Phi) is 3.69. The zero-order chi connectivity index (χ0) is 8.27. The molecule has 1 aliphatic heterocycles. The zero-order valence-electron chi connectivity index (χ0n) is 7.42. The van der Waals surface area contributed by atoms with Gasteiger partial charge in [-0.2, -0.15) is 11.8 Å². The SMILES string of the molecule is CC[C@H](N)C1CSCCN1C. The van der Waals surface area contributed by atoms with Gasteiger partial charge in [-0.25, -0.2) is 0 Å². The number of hydrogen-bond donors (Lipinski definition) is 1. The van der Waals surface area contributed by atoms with Gasteiger partial charge >= 0.3 is 0 Å². The number of thioether (sulfide) groups is 1. The van der Waals surface area contributed by atoms with Crippen LogP contribution in [0.4, 0.5) is 0 Å². The first-order valence-electron chi connectivity index (χ1n) is 4.29. The van der Waals surface area contributed by atoms with E-state index in [1.807, 2.05) is 11.8 Å². The van der Waals surface area contributed by atoms with Gasteiger partial charge in [0, 0.05) is 30.1 Å². The Morgan fingerprint density at radius 1 is 1.73 bits per heavy atom. The van der Waals surface area contributed by atoms with E-state index in [1.165, 1.54) is 18.1 Å². The van der Waals surface area contributed by atoms with E-state index in [4.69, 9.17) is 5.73 Å². The molecule has 0 aromatic rings. The Bertz CT molecular complexity index is 115. The summed E-state index contributed by atoms with van der Waals surface area (Å²) in [6, 6.07) is 0.978. The van der Waals surface area contributed by atoms with Gasteiger partial charge in [-0.05, 0) is 13.5 Å². The van der Waals surface area contributed by atoms with Crippen molar-refractivity contribution < 1.29 is 0 Å². The highest BCUT2D eigenvalue weighted by molar-refractivity contribution is 7.99. The molecule has 66 valence electrons. The molecule has 1 heterocycles. The quantitative estimate of drug-likeness (QED) is 0.670. The molecule has 0 saturated carbocycles. The summed E-state index contributed by atoms with van der Waals surface area (Å²) in [6.45, 7) is 3.36. The second-order valence-electron chi connectivity index (χ2n) is 3.19. The summed E-state index contributed by atoms with van der Waals surface area (Å²) in [7, 11) is 2.18. The minimum absolute atomic E-state index is 0.368. The molecule has 0 spiro atoms. The fraction of sp³-hybridized carbons (Fsp3) is 1.00. The van der Waals surface area contributed by atoms with Crippen LogP contribution >= 0.6 is 11.8 Å². The lowest BCUT2D eigenvalue weighted by atomic mass is 10.1. The topological polar surface area (TPSA) is 29.3 Å². The molecule has 0 aromatic carbocycles. The predicted molar refractivity (Wildman–Crippen MR) is 52.0 cm³/mol.